The molecule has 28 nitrogen and oxygen atoms in total. The van der Waals surface area contributed by atoms with Crippen molar-refractivity contribution in [2.75, 3.05) is 34.0 Å². The van der Waals surface area contributed by atoms with Gasteiger partial charge in [-0.3, -0.25) is 9.59 Å². The molecule has 4 heterocycles. The summed E-state index contributed by atoms with van der Waals surface area (Å²) in [4.78, 5) is 49.9. The van der Waals surface area contributed by atoms with Crippen LogP contribution in [0.25, 0.3) is 0 Å². The lowest BCUT2D eigenvalue weighted by molar-refractivity contribution is -0.373. The summed E-state index contributed by atoms with van der Waals surface area (Å²) in [5.41, 5.74) is 0. The number of esters is 3. The lowest BCUT2D eigenvalue weighted by Crippen LogP contribution is -2.65. The van der Waals surface area contributed by atoms with E-state index in [2.05, 4.69) is 0 Å². The smallest absolute Gasteiger partial charge is 0.330 e. The van der Waals surface area contributed by atoms with Crippen molar-refractivity contribution < 1.29 is 137 Å². The molecule has 0 radical (unpaired) electrons. The lowest BCUT2D eigenvalue weighted by Gasteiger charge is -2.52. The number of carboxylic acid groups (broad SMARTS) is 1. The molecule has 0 bridgehead atoms. The molecular formula is C55H84O28. The molecule has 0 aromatic rings. The molecule has 0 aromatic carbocycles. The van der Waals surface area contributed by atoms with Crippen molar-refractivity contribution in [2.45, 2.75) is 237 Å². The van der Waals surface area contributed by atoms with E-state index in [1.54, 1.807) is 6.08 Å². The Morgan fingerprint density at radius 3 is 1.75 bits per heavy atom. The Hall–Kier alpha value is -3.44. The maximum Gasteiger partial charge on any atom is 0.330 e. The van der Waals surface area contributed by atoms with Crippen LogP contribution in [0.2, 0.25) is 0 Å². The highest BCUT2D eigenvalue weighted by atomic mass is 16.8. The van der Waals surface area contributed by atoms with Gasteiger partial charge in [-0.2, -0.15) is 0 Å². The molecule has 8 rings (SSSR count). The number of carbonyl (C=O) groups is 4. The van der Waals surface area contributed by atoms with Gasteiger partial charge in [-0.05, 0) is 94.8 Å². The second-order valence-corrected chi connectivity index (χ2v) is 23.3. The molecule has 22 unspecified atom stereocenters. The Bertz CT molecular complexity index is 2140. The van der Waals surface area contributed by atoms with Crippen LogP contribution in [-0.2, 0) is 76.0 Å². The third-order valence-corrected chi connectivity index (χ3v) is 17.6. The van der Waals surface area contributed by atoms with Gasteiger partial charge in [0.15, 0.2) is 25.0 Å². The van der Waals surface area contributed by atoms with Crippen molar-refractivity contribution in [3.63, 3.8) is 0 Å². The summed E-state index contributed by atoms with van der Waals surface area (Å²) in [5, 5.41) is 130. The quantitative estimate of drug-likeness (QED) is 0.0248. The summed E-state index contributed by atoms with van der Waals surface area (Å²) in [6.45, 7) is -1.92. The van der Waals surface area contributed by atoms with E-state index in [0.717, 1.165) is 6.08 Å². The van der Waals surface area contributed by atoms with Gasteiger partial charge < -0.3 is 118 Å². The molecule has 22 atom stereocenters. The molecule has 472 valence electrons. The Morgan fingerprint density at radius 1 is 0.506 bits per heavy atom. The number of aliphatic carboxylic acids is 1. The van der Waals surface area contributed by atoms with Gasteiger partial charge in [0.25, 0.3) is 0 Å². The second kappa shape index (κ2) is 30.0. The zero-order valence-corrected chi connectivity index (χ0v) is 46.4. The molecular weight excluding hydrogens is 1110 g/mol. The van der Waals surface area contributed by atoms with Crippen LogP contribution in [0.1, 0.15) is 89.9 Å². The molecule has 12 N–H and O–H groups in total. The Kier molecular flexibility index (Phi) is 23.7. The number of methoxy groups -OCH3 is 2. The standard InChI is InChI=1S/C55H84O28/c1-72-34-15-25(16-35(73-2)44(34)66)6-14-41(63)82-51-43(65)31(59)21-76-54(51)83-52-48(70)46(68)38(22-74-40(62)13-5-24-3-9-27(56)10-4-24)81-55(52)79-36-19-30-32(77-50(36)26-7-11-28(57)12-8-26)17-29(58)18-33(30)78-53-49(71)47(69)45(67)37(80-53)23-75-42(64)20-39(60)61/h5-6,13-14,24-38,43-59,65-71H,3-4,7-12,15-23H2,1-2H3,(H,60,61). The van der Waals surface area contributed by atoms with Gasteiger partial charge in [-0.1, -0.05) is 12.2 Å². The van der Waals surface area contributed by atoms with Crippen LogP contribution < -0.4 is 0 Å². The van der Waals surface area contributed by atoms with Gasteiger partial charge >= 0.3 is 23.9 Å². The van der Waals surface area contributed by atoms with Crippen molar-refractivity contribution >= 4 is 23.9 Å². The fourth-order valence-corrected chi connectivity index (χ4v) is 12.8. The SMILES string of the molecule is COC1CC(C=CC(=O)OC2C(OC3C(OC4CC5C(OC6OC(COC(=O)CC(=O)O)C(O)C(O)C6O)CC(O)CC5OC4C4CCC(O)CC4)OC(COC(=O)C=CC4CCC(O)CC4)C(O)C3O)OCC(O)C2O)CC(OC)C1O. The molecule has 28 heteroatoms. The van der Waals surface area contributed by atoms with Crippen LogP contribution in [0.15, 0.2) is 24.3 Å². The summed E-state index contributed by atoms with van der Waals surface area (Å²) in [6, 6.07) is 0. The van der Waals surface area contributed by atoms with Crippen LogP contribution >= 0.6 is 0 Å². The number of carboxylic acids is 1. The molecule has 0 amide bonds. The number of rotatable bonds is 20. The fourth-order valence-electron chi connectivity index (χ4n) is 12.8. The number of allylic oxidation sites excluding steroid dienone is 2. The summed E-state index contributed by atoms with van der Waals surface area (Å²) in [7, 11) is 2.87. The van der Waals surface area contributed by atoms with Gasteiger partial charge in [0, 0.05) is 38.7 Å². The van der Waals surface area contributed by atoms with Crippen LogP contribution in [0.4, 0.5) is 0 Å². The van der Waals surface area contributed by atoms with Crippen molar-refractivity contribution in [3.05, 3.63) is 24.3 Å². The summed E-state index contributed by atoms with van der Waals surface area (Å²) in [5.74, 6) is -5.79. The van der Waals surface area contributed by atoms with E-state index in [0.29, 0.717) is 64.2 Å². The Balaban J connectivity index is 1.05. The van der Waals surface area contributed by atoms with Gasteiger partial charge in [0.1, 0.15) is 86.8 Å². The number of hydrogen-bond donors (Lipinski definition) is 12. The largest absolute Gasteiger partial charge is 0.481 e. The van der Waals surface area contributed by atoms with Crippen molar-refractivity contribution in [2.24, 2.45) is 23.7 Å². The first-order valence-electron chi connectivity index (χ1n) is 28.8. The summed E-state index contributed by atoms with van der Waals surface area (Å²) >= 11 is 0. The third-order valence-electron chi connectivity index (χ3n) is 17.6. The normalized spacial score (nSPS) is 45.3. The molecule has 4 aliphatic heterocycles. The van der Waals surface area contributed by atoms with Gasteiger partial charge in [-0.25, -0.2) is 9.59 Å². The number of aliphatic hydroxyl groups excluding tert-OH is 11. The number of fused-ring (bicyclic) bond motifs is 1. The molecule has 0 spiro atoms. The minimum atomic E-state index is -1.97. The average Bonchev–Trinajstić information content (AvgIpc) is 3.60. The minimum Gasteiger partial charge on any atom is -0.481 e. The second-order valence-electron chi connectivity index (χ2n) is 23.3. The van der Waals surface area contributed by atoms with Crippen LogP contribution in [0, 0.1) is 23.7 Å². The highest BCUT2D eigenvalue weighted by Crippen LogP contribution is 2.45. The van der Waals surface area contributed by atoms with Crippen molar-refractivity contribution in [3.8, 4) is 0 Å². The zero-order chi connectivity index (χ0) is 59.8. The zero-order valence-electron chi connectivity index (χ0n) is 46.4. The van der Waals surface area contributed by atoms with Crippen LogP contribution in [0.3, 0.4) is 0 Å². The first-order valence-corrected chi connectivity index (χ1v) is 28.8. The van der Waals surface area contributed by atoms with Gasteiger partial charge in [-0.15, -0.1) is 0 Å². The van der Waals surface area contributed by atoms with Crippen LogP contribution in [0.5, 0.6) is 0 Å². The first kappa shape index (κ1) is 65.5. The number of hydrogen-bond acceptors (Lipinski definition) is 27. The topological polar surface area (TPSA) is 422 Å². The summed E-state index contributed by atoms with van der Waals surface area (Å²) in [6.07, 6.45) is -23.4. The molecule has 83 heavy (non-hydrogen) atoms. The van der Waals surface area contributed by atoms with Gasteiger partial charge in [0.2, 0.25) is 0 Å². The number of carbonyl (C=O) groups excluding carboxylic acids is 3. The van der Waals surface area contributed by atoms with Crippen molar-refractivity contribution in [1.82, 2.24) is 0 Å². The fraction of sp³-hybridized carbons (Fsp3) is 0.855. The lowest BCUT2D eigenvalue weighted by atomic mass is 9.73. The highest BCUT2D eigenvalue weighted by molar-refractivity contribution is 5.90. The van der Waals surface area contributed by atoms with E-state index in [1.807, 2.05) is 0 Å². The van der Waals surface area contributed by atoms with E-state index in [4.69, 9.17) is 61.9 Å². The Morgan fingerprint density at radius 2 is 1.10 bits per heavy atom. The molecule has 4 saturated carbocycles. The first-order chi connectivity index (χ1) is 39.6. The predicted molar refractivity (Wildman–Crippen MR) is 274 cm³/mol. The monoisotopic (exact) mass is 1190 g/mol. The van der Waals surface area contributed by atoms with E-state index >= 15 is 0 Å². The maximum atomic E-state index is 13.6. The predicted octanol–water partition coefficient (Wildman–Crippen LogP) is -3.11. The van der Waals surface area contributed by atoms with E-state index in [-0.39, 0.29) is 37.0 Å². The number of ether oxygens (including phenoxy) is 12. The molecule has 8 aliphatic rings. The molecule has 0 aromatic heterocycles. The average molecular weight is 1190 g/mol. The van der Waals surface area contributed by atoms with Gasteiger partial charge in [0.05, 0.1) is 61.5 Å². The number of aliphatic hydroxyl groups is 11. The van der Waals surface area contributed by atoms with Crippen LogP contribution in [-0.4, -0.2) is 266 Å². The Labute approximate surface area is 479 Å². The van der Waals surface area contributed by atoms with E-state index in [1.165, 1.54) is 26.4 Å². The third kappa shape index (κ3) is 16.8. The maximum absolute atomic E-state index is 13.6. The molecule has 8 fully saturated rings. The van der Waals surface area contributed by atoms with E-state index < -0.39 is 203 Å². The van der Waals surface area contributed by atoms with E-state index in [9.17, 15) is 75.3 Å². The van der Waals surface area contributed by atoms with Crippen molar-refractivity contribution in [1.29, 1.82) is 0 Å². The highest BCUT2D eigenvalue weighted by Gasteiger charge is 2.56. The molecule has 4 aliphatic carbocycles. The summed E-state index contributed by atoms with van der Waals surface area (Å²) < 4.78 is 71.6. The molecule has 4 saturated heterocycles. The minimum absolute atomic E-state index is 0.00937.